The molecule has 0 aliphatic heterocycles. The van der Waals surface area contributed by atoms with Gasteiger partial charge in [-0.3, -0.25) is 18.6 Å². The summed E-state index contributed by atoms with van der Waals surface area (Å²) in [5.74, 6) is -0.847. The van der Waals surface area contributed by atoms with Crippen LogP contribution in [-0.2, 0) is 32.7 Å². The van der Waals surface area contributed by atoms with E-state index in [9.17, 15) is 19.0 Å². The van der Waals surface area contributed by atoms with Crippen LogP contribution >= 0.6 is 7.82 Å². The van der Waals surface area contributed by atoms with Crippen molar-refractivity contribution in [2.75, 3.05) is 26.4 Å². The van der Waals surface area contributed by atoms with Gasteiger partial charge in [-0.25, -0.2) is 4.57 Å². The van der Waals surface area contributed by atoms with Crippen LogP contribution in [0.15, 0.2) is 85.1 Å². The molecule has 0 rings (SSSR count). The molecule has 10 heteroatoms. The number of carbonyl (C=O) groups is 2. The molecule has 0 aromatic carbocycles. The van der Waals surface area contributed by atoms with Gasteiger partial charge in [-0.15, -0.1) is 0 Å². The minimum Gasteiger partial charge on any atom is -0.462 e. The van der Waals surface area contributed by atoms with Gasteiger partial charge in [0.2, 0.25) is 0 Å². The van der Waals surface area contributed by atoms with Crippen molar-refractivity contribution in [1.82, 2.24) is 0 Å². The van der Waals surface area contributed by atoms with E-state index >= 15 is 0 Å². The second-order valence-corrected chi connectivity index (χ2v) is 19.5. The van der Waals surface area contributed by atoms with Crippen molar-refractivity contribution in [3.63, 3.8) is 0 Å². The molecule has 0 aliphatic carbocycles. The molecule has 2 atom stereocenters. The van der Waals surface area contributed by atoms with Crippen molar-refractivity contribution in [2.45, 2.75) is 245 Å². The maximum Gasteiger partial charge on any atom is 0.472 e. The standard InChI is InChI=1S/C58H102NO8P/c1-3-5-7-9-11-13-15-17-19-21-23-25-26-27-28-29-30-31-33-35-37-39-41-43-45-47-49-51-58(61)67-56(55-66-68(62,63)65-53-52-59)54-64-57(60)50-48-46-44-42-40-38-36-34-32-24-22-20-18-16-14-12-10-8-6-4-2/h5,7,11,13,17,19,23,25,27-28,30-31,35,37,56H,3-4,6,8-10,12,14-16,18,20-22,24,26,29,32-34,36,38-55,59H2,1-2H3,(H,62,63)/b7-5-,13-11-,19-17-,25-23-,28-27-,31-30-,37-35-. The van der Waals surface area contributed by atoms with Crippen molar-refractivity contribution in [1.29, 1.82) is 0 Å². The maximum atomic E-state index is 12.7. The summed E-state index contributed by atoms with van der Waals surface area (Å²) in [4.78, 5) is 35.1. The Balaban J connectivity index is 4.08. The van der Waals surface area contributed by atoms with Gasteiger partial charge in [0.05, 0.1) is 13.2 Å². The summed E-state index contributed by atoms with van der Waals surface area (Å²) in [6.07, 6.45) is 69.1. The molecular formula is C58H102NO8P. The zero-order chi connectivity index (χ0) is 49.5. The molecule has 0 aromatic rings. The second-order valence-electron chi connectivity index (χ2n) is 18.1. The molecule has 0 bridgehead atoms. The topological polar surface area (TPSA) is 134 Å². The van der Waals surface area contributed by atoms with Gasteiger partial charge >= 0.3 is 19.8 Å². The fourth-order valence-electron chi connectivity index (χ4n) is 7.50. The van der Waals surface area contributed by atoms with E-state index in [0.717, 1.165) is 96.3 Å². The number of phosphoric ester groups is 1. The first-order valence-corrected chi connectivity index (χ1v) is 29.1. The first-order valence-electron chi connectivity index (χ1n) is 27.6. The van der Waals surface area contributed by atoms with Gasteiger partial charge in [0, 0.05) is 19.4 Å². The van der Waals surface area contributed by atoms with Gasteiger partial charge < -0.3 is 20.1 Å². The van der Waals surface area contributed by atoms with E-state index in [1.807, 2.05) is 0 Å². The molecule has 68 heavy (non-hydrogen) atoms. The SMILES string of the molecule is CC/C=C\C/C=C\C/C=C\C/C=C\C/C=C\C/C=C\C/C=C\CCCCCCCC(=O)OC(COC(=O)CCCCCCCCCCCCCCCCCCCCCC)COP(=O)(O)OCCN. The highest BCUT2D eigenvalue weighted by Gasteiger charge is 2.26. The van der Waals surface area contributed by atoms with E-state index in [4.69, 9.17) is 24.3 Å². The van der Waals surface area contributed by atoms with Crippen LogP contribution in [-0.4, -0.2) is 49.3 Å². The van der Waals surface area contributed by atoms with E-state index in [-0.39, 0.29) is 38.6 Å². The molecule has 0 fully saturated rings. The average Bonchev–Trinajstić information content (AvgIpc) is 3.33. The Morgan fingerprint density at radius 1 is 0.456 bits per heavy atom. The Morgan fingerprint density at radius 2 is 0.809 bits per heavy atom. The molecule has 0 saturated heterocycles. The van der Waals surface area contributed by atoms with Crippen LogP contribution < -0.4 is 5.73 Å². The number of nitrogens with two attached hydrogens (primary N) is 1. The van der Waals surface area contributed by atoms with Crippen LogP contribution in [0.4, 0.5) is 0 Å². The monoisotopic (exact) mass is 972 g/mol. The molecular weight excluding hydrogens is 870 g/mol. The minimum atomic E-state index is -4.40. The van der Waals surface area contributed by atoms with Crippen molar-refractivity contribution in [3.8, 4) is 0 Å². The molecule has 0 aliphatic rings. The summed E-state index contributed by atoms with van der Waals surface area (Å²) < 4.78 is 33.0. The van der Waals surface area contributed by atoms with Crippen LogP contribution in [0.2, 0.25) is 0 Å². The van der Waals surface area contributed by atoms with Gasteiger partial charge in [-0.1, -0.05) is 240 Å². The van der Waals surface area contributed by atoms with Crippen LogP contribution in [0.3, 0.4) is 0 Å². The summed E-state index contributed by atoms with van der Waals surface area (Å²) >= 11 is 0. The number of phosphoric acid groups is 1. The third-order valence-electron chi connectivity index (χ3n) is 11.5. The molecule has 0 saturated carbocycles. The van der Waals surface area contributed by atoms with Crippen molar-refractivity contribution in [3.05, 3.63) is 85.1 Å². The zero-order valence-corrected chi connectivity index (χ0v) is 44.5. The number of carbonyl (C=O) groups excluding carboxylic acids is 2. The number of rotatable bonds is 51. The molecule has 0 amide bonds. The Labute approximate surface area is 417 Å². The molecule has 3 N–H and O–H groups in total. The van der Waals surface area contributed by atoms with Crippen LogP contribution in [0.1, 0.15) is 239 Å². The van der Waals surface area contributed by atoms with Crippen LogP contribution in [0.25, 0.3) is 0 Å². The summed E-state index contributed by atoms with van der Waals surface area (Å²) in [5.41, 5.74) is 5.37. The molecule has 2 unspecified atom stereocenters. The largest absolute Gasteiger partial charge is 0.472 e. The molecule has 392 valence electrons. The van der Waals surface area contributed by atoms with Gasteiger partial charge in [0.25, 0.3) is 0 Å². The fraction of sp³-hybridized carbons (Fsp3) is 0.724. The van der Waals surface area contributed by atoms with Crippen LogP contribution in [0, 0.1) is 0 Å². The smallest absolute Gasteiger partial charge is 0.462 e. The quantitative estimate of drug-likeness (QED) is 0.0264. The normalized spacial score (nSPS) is 13.8. The number of hydrogen-bond donors (Lipinski definition) is 2. The summed E-state index contributed by atoms with van der Waals surface area (Å²) in [6.45, 7) is 3.62. The average molecular weight is 972 g/mol. The van der Waals surface area contributed by atoms with Crippen molar-refractivity contribution >= 4 is 19.8 Å². The predicted molar refractivity (Wildman–Crippen MR) is 289 cm³/mol. The summed E-state index contributed by atoms with van der Waals surface area (Å²) in [6, 6.07) is 0. The van der Waals surface area contributed by atoms with Gasteiger partial charge in [0.15, 0.2) is 6.10 Å². The molecule has 0 radical (unpaired) electrons. The van der Waals surface area contributed by atoms with Gasteiger partial charge in [-0.2, -0.15) is 0 Å². The van der Waals surface area contributed by atoms with Crippen molar-refractivity contribution in [2.24, 2.45) is 5.73 Å². The highest BCUT2D eigenvalue weighted by molar-refractivity contribution is 7.47. The first-order chi connectivity index (χ1) is 33.3. The number of unbranched alkanes of at least 4 members (excludes halogenated alkanes) is 24. The lowest BCUT2D eigenvalue weighted by Crippen LogP contribution is -2.29. The summed E-state index contributed by atoms with van der Waals surface area (Å²) in [7, 11) is -4.40. The highest BCUT2D eigenvalue weighted by Crippen LogP contribution is 2.43. The van der Waals surface area contributed by atoms with E-state index in [2.05, 4.69) is 98.9 Å². The Hall–Kier alpha value is -2.81. The fourth-order valence-corrected chi connectivity index (χ4v) is 8.26. The Bertz CT molecular complexity index is 1390. The number of allylic oxidation sites excluding steroid dienone is 14. The van der Waals surface area contributed by atoms with Crippen molar-refractivity contribution < 1.29 is 37.6 Å². The van der Waals surface area contributed by atoms with Gasteiger partial charge in [-0.05, 0) is 70.6 Å². The molecule has 0 heterocycles. The molecule has 9 nitrogen and oxygen atoms in total. The Morgan fingerprint density at radius 3 is 1.21 bits per heavy atom. The third kappa shape index (κ3) is 52.6. The third-order valence-corrected chi connectivity index (χ3v) is 12.5. The van der Waals surface area contributed by atoms with E-state index in [0.29, 0.717) is 6.42 Å². The molecule has 0 spiro atoms. The first kappa shape index (κ1) is 65.2. The number of esters is 2. The number of hydrogen-bond acceptors (Lipinski definition) is 8. The molecule has 0 aromatic heterocycles. The Kier molecular flexibility index (Phi) is 51.3. The van der Waals surface area contributed by atoms with E-state index in [1.165, 1.54) is 109 Å². The second kappa shape index (κ2) is 53.5. The lowest BCUT2D eigenvalue weighted by molar-refractivity contribution is -0.161. The summed E-state index contributed by atoms with van der Waals surface area (Å²) in [5, 5.41) is 0. The van der Waals surface area contributed by atoms with Crippen LogP contribution in [0.5, 0.6) is 0 Å². The van der Waals surface area contributed by atoms with E-state index in [1.54, 1.807) is 0 Å². The van der Waals surface area contributed by atoms with Gasteiger partial charge in [0.1, 0.15) is 6.61 Å². The highest BCUT2D eigenvalue weighted by atomic mass is 31.2. The minimum absolute atomic E-state index is 0.0468. The lowest BCUT2D eigenvalue weighted by Gasteiger charge is -2.19. The zero-order valence-electron chi connectivity index (χ0n) is 43.6. The van der Waals surface area contributed by atoms with E-state index < -0.39 is 26.5 Å². The number of ether oxygens (including phenoxy) is 2. The lowest BCUT2D eigenvalue weighted by atomic mass is 10.0. The maximum absolute atomic E-state index is 12.7. The predicted octanol–water partition coefficient (Wildman–Crippen LogP) is 17.1.